The van der Waals surface area contributed by atoms with Gasteiger partial charge in [0.25, 0.3) is 0 Å². The Balaban J connectivity index is 2.14. The van der Waals surface area contributed by atoms with Gasteiger partial charge in [0.05, 0.1) is 0 Å². The smallest absolute Gasteiger partial charge is 0.201 e. The molecule has 0 spiro atoms. The summed E-state index contributed by atoms with van der Waals surface area (Å²) < 4.78 is 2.32. The van der Waals surface area contributed by atoms with Gasteiger partial charge < -0.3 is 0 Å². The molecule has 1 aromatic heterocycles. The highest BCUT2D eigenvalue weighted by Gasteiger charge is 2.45. The maximum atomic E-state index is 2.53. The highest BCUT2D eigenvalue weighted by Crippen LogP contribution is 2.38. The average Bonchev–Trinajstić information content (AvgIpc) is 2.63. The molecule has 4 rings (SSSR count). The topological polar surface area (TPSA) is 3.88 Å². The third-order valence-corrected chi connectivity index (χ3v) is 10.5. The molecule has 144 valence electrons. The summed E-state index contributed by atoms with van der Waals surface area (Å²) >= 11 is 0. The summed E-state index contributed by atoms with van der Waals surface area (Å²) in [5.41, 5.74) is 9.94. The van der Waals surface area contributed by atoms with Crippen molar-refractivity contribution in [2.45, 2.75) is 53.1 Å². The van der Waals surface area contributed by atoms with Crippen LogP contribution in [-0.4, -0.2) is 8.07 Å². The van der Waals surface area contributed by atoms with E-state index in [0.717, 1.165) is 0 Å². The van der Waals surface area contributed by atoms with Crippen molar-refractivity contribution in [2.24, 2.45) is 7.05 Å². The van der Waals surface area contributed by atoms with Gasteiger partial charge in [-0.2, -0.15) is 0 Å². The molecule has 0 saturated carbocycles. The van der Waals surface area contributed by atoms with Gasteiger partial charge in [-0.3, -0.25) is 0 Å². The van der Waals surface area contributed by atoms with Crippen LogP contribution in [0.3, 0.4) is 0 Å². The Bertz CT molecular complexity index is 1110. The first-order valence-electron chi connectivity index (χ1n) is 10.3. The monoisotopic (exact) mass is 386 g/mol. The van der Waals surface area contributed by atoms with E-state index in [1.54, 1.807) is 10.4 Å². The lowest BCUT2D eigenvalue weighted by Gasteiger charge is -2.44. The zero-order valence-electron chi connectivity index (χ0n) is 18.6. The summed E-state index contributed by atoms with van der Waals surface area (Å²) in [5, 5.41) is 3.21. The fourth-order valence-corrected chi connectivity index (χ4v) is 9.06. The minimum absolute atomic E-state index is 0.0230. The zero-order chi connectivity index (χ0) is 20.4. The lowest BCUT2D eigenvalue weighted by atomic mass is 9.76. The van der Waals surface area contributed by atoms with Crippen molar-refractivity contribution in [3.05, 3.63) is 76.5 Å². The van der Waals surface area contributed by atoms with Gasteiger partial charge in [0, 0.05) is 22.6 Å². The second kappa shape index (κ2) is 6.15. The van der Waals surface area contributed by atoms with Gasteiger partial charge in [-0.15, -0.1) is 0 Å². The maximum absolute atomic E-state index is 2.53. The molecule has 2 aromatic carbocycles. The normalized spacial score (nSPS) is 16.4. The van der Waals surface area contributed by atoms with E-state index in [9.17, 15) is 0 Å². The Labute approximate surface area is 171 Å². The quantitative estimate of drug-likeness (QED) is 0.426. The molecule has 3 aromatic rings. The van der Waals surface area contributed by atoms with Crippen LogP contribution in [0.4, 0.5) is 0 Å². The number of benzene rings is 2. The molecular formula is C26H32NSi+. The summed E-state index contributed by atoms with van der Waals surface area (Å²) in [6.45, 7) is 16.6. The summed E-state index contributed by atoms with van der Waals surface area (Å²) in [5.74, 6) is 0. The van der Waals surface area contributed by atoms with E-state index in [0.29, 0.717) is 0 Å². The summed E-state index contributed by atoms with van der Waals surface area (Å²) in [4.78, 5) is 0. The molecule has 1 aliphatic heterocycles. The van der Waals surface area contributed by atoms with Crippen LogP contribution in [0.1, 0.15) is 41.7 Å². The third-order valence-electron chi connectivity index (χ3n) is 6.98. The summed E-state index contributed by atoms with van der Waals surface area (Å²) in [7, 11) is 0.345. The lowest BCUT2D eigenvalue weighted by molar-refractivity contribution is -0.660. The van der Waals surface area contributed by atoms with Gasteiger partial charge in [-0.1, -0.05) is 68.5 Å². The third kappa shape index (κ3) is 2.54. The molecule has 0 fully saturated rings. The molecule has 2 heteroatoms. The van der Waals surface area contributed by atoms with E-state index in [-0.39, 0.29) is 5.41 Å². The molecule has 0 bridgehead atoms. The van der Waals surface area contributed by atoms with Crippen LogP contribution < -0.4 is 14.9 Å². The van der Waals surface area contributed by atoms with Crippen LogP contribution >= 0.6 is 0 Å². The van der Waals surface area contributed by atoms with E-state index in [1.165, 1.54) is 39.1 Å². The first-order valence-corrected chi connectivity index (χ1v) is 13.3. The number of aryl methyl sites for hydroxylation is 4. The molecule has 28 heavy (non-hydrogen) atoms. The number of pyridine rings is 1. The second-order valence-corrected chi connectivity index (χ2v) is 13.9. The van der Waals surface area contributed by atoms with Crippen molar-refractivity contribution in [3.63, 3.8) is 0 Å². The maximum Gasteiger partial charge on any atom is 0.212 e. The molecule has 0 amide bonds. The van der Waals surface area contributed by atoms with Gasteiger partial charge >= 0.3 is 0 Å². The Morgan fingerprint density at radius 1 is 0.821 bits per heavy atom. The van der Waals surface area contributed by atoms with Gasteiger partial charge in [-0.25, -0.2) is 4.57 Å². The zero-order valence-corrected chi connectivity index (χ0v) is 19.6. The van der Waals surface area contributed by atoms with Crippen molar-refractivity contribution in [1.82, 2.24) is 0 Å². The van der Waals surface area contributed by atoms with Crippen molar-refractivity contribution in [3.8, 4) is 11.3 Å². The van der Waals surface area contributed by atoms with Crippen molar-refractivity contribution < 1.29 is 4.57 Å². The van der Waals surface area contributed by atoms with Crippen LogP contribution in [0.2, 0.25) is 13.1 Å². The average molecular weight is 387 g/mol. The number of rotatable bonds is 1. The molecule has 1 nitrogen and oxygen atoms in total. The Morgan fingerprint density at radius 2 is 1.50 bits per heavy atom. The minimum atomic E-state index is -1.85. The van der Waals surface area contributed by atoms with Gasteiger partial charge in [0.1, 0.15) is 15.1 Å². The Morgan fingerprint density at radius 3 is 2.21 bits per heavy atom. The molecule has 0 radical (unpaired) electrons. The van der Waals surface area contributed by atoms with E-state index in [4.69, 9.17) is 0 Å². The second-order valence-electron chi connectivity index (χ2n) is 9.61. The van der Waals surface area contributed by atoms with Gasteiger partial charge in [-0.05, 0) is 48.2 Å². The molecule has 2 heterocycles. The van der Waals surface area contributed by atoms with E-state index >= 15 is 0 Å². The predicted molar refractivity (Wildman–Crippen MR) is 123 cm³/mol. The standard InChI is InChI=1S/C26H32NSi/c1-17-13-14-21-25(24(17)22-15-18(2)19(3)16-27(22)6)28(7,8)23-12-10-9-11-20(23)26(21,4)5/h9-16H,1-8H3/q+1. The fourth-order valence-electron chi connectivity index (χ4n) is 5.19. The molecule has 0 aliphatic carbocycles. The largest absolute Gasteiger partial charge is 0.212 e. The van der Waals surface area contributed by atoms with Crippen LogP contribution in [0.15, 0.2) is 48.7 Å². The summed E-state index contributed by atoms with van der Waals surface area (Å²) in [6, 6.07) is 16.3. The molecule has 0 unspecified atom stereocenters. The number of aromatic nitrogens is 1. The number of hydrogen-bond donors (Lipinski definition) is 0. The van der Waals surface area contributed by atoms with Crippen LogP contribution in [0, 0.1) is 20.8 Å². The fraction of sp³-hybridized carbons (Fsp3) is 0.346. The Kier molecular flexibility index (Phi) is 4.20. The van der Waals surface area contributed by atoms with E-state index in [1.807, 2.05) is 0 Å². The lowest BCUT2D eigenvalue weighted by Crippen LogP contribution is -2.63. The van der Waals surface area contributed by atoms with Crippen LogP contribution in [-0.2, 0) is 12.5 Å². The highest BCUT2D eigenvalue weighted by atomic mass is 28.3. The highest BCUT2D eigenvalue weighted by molar-refractivity contribution is 7.02. The summed E-state index contributed by atoms with van der Waals surface area (Å²) in [6.07, 6.45) is 2.28. The minimum Gasteiger partial charge on any atom is -0.201 e. The number of hydrogen-bond acceptors (Lipinski definition) is 0. The number of fused-ring (bicyclic) bond motifs is 2. The van der Waals surface area contributed by atoms with Crippen molar-refractivity contribution in [2.75, 3.05) is 0 Å². The molecule has 0 atom stereocenters. The molecular weight excluding hydrogens is 354 g/mol. The first-order chi connectivity index (χ1) is 13.1. The first kappa shape index (κ1) is 19.1. The van der Waals surface area contributed by atoms with E-state index < -0.39 is 8.07 Å². The van der Waals surface area contributed by atoms with Gasteiger partial charge in [0.2, 0.25) is 5.69 Å². The van der Waals surface area contributed by atoms with Crippen LogP contribution in [0.5, 0.6) is 0 Å². The molecule has 1 aliphatic rings. The number of nitrogens with zero attached hydrogens (tertiary/aromatic N) is 1. The van der Waals surface area contributed by atoms with Crippen molar-refractivity contribution in [1.29, 1.82) is 0 Å². The molecule has 0 N–H and O–H groups in total. The molecule has 0 saturated heterocycles. The van der Waals surface area contributed by atoms with Crippen LogP contribution in [0.25, 0.3) is 11.3 Å². The SMILES string of the molecule is Cc1cc(-c2c(C)ccc3c2[Si](C)(C)c2ccccc2C3(C)C)[n+](C)cc1C. The Hall–Kier alpha value is -2.19. The van der Waals surface area contributed by atoms with Gasteiger partial charge in [0.15, 0.2) is 6.20 Å². The van der Waals surface area contributed by atoms with Crippen molar-refractivity contribution >= 4 is 18.4 Å². The predicted octanol–water partition coefficient (Wildman–Crippen LogP) is 4.57. The van der Waals surface area contributed by atoms with E-state index in [2.05, 4.69) is 108 Å².